The molecule has 2 N–H and O–H groups in total. The van der Waals surface area contributed by atoms with Crippen molar-refractivity contribution >= 4 is 16.8 Å². The normalized spacial score (nSPS) is 14.8. The Labute approximate surface area is 101 Å². The van der Waals surface area contributed by atoms with E-state index in [0.29, 0.717) is 12.2 Å². The molecule has 0 amide bonds. The highest BCUT2D eigenvalue weighted by atomic mass is 16.3. The van der Waals surface area contributed by atoms with E-state index in [9.17, 15) is 4.79 Å². The molecule has 17 heavy (non-hydrogen) atoms. The van der Waals surface area contributed by atoms with Crippen molar-refractivity contribution in [3.63, 3.8) is 0 Å². The Bertz CT molecular complexity index is 567. The number of hydrogen-bond donors (Lipinski definition) is 1. The fourth-order valence-electron chi connectivity index (χ4n) is 1.76. The van der Waals surface area contributed by atoms with Gasteiger partial charge in [-0.05, 0) is 31.9 Å². The Morgan fingerprint density at radius 3 is 2.76 bits per heavy atom. The largest absolute Gasteiger partial charge is 0.453 e. The fraction of sp³-hybridized carbons (Fsp3) is 0.357. The molecule has 0 fully saturated rings. The molecule has 90 valence electrons. The van der Waals surface area contributed by atoms with Crippen LogP contribution in [-0.2, 0) is 0 Å². The molecule has 2 aromatic rings. The number of ketones is 1. The maximum Gasteiger partial charge on any atom is 0.217 e. The number of fused-ring (bicyclic) bond motifs is 1. The van der Waals surface area contributed by atoms with Gasteiger partial charge in [-0.3, -0.25) is 4.79 Å². The topological polar surface area (TPSA) is 56.2 Å². The molecule has 2 rings (SSSR count). The van der Waals surface area contributed by atoms with Gasteiger partial charge in [0.15, 0.2) is 5.76 Å². The highest BCUT2D eigenvalue weighted by molar-refractivity contribution is 6.03. The standard InChI is InChI=1S/C14H17NO2/c1-4-14(3,15)13(16)11-8-10-7-5-6-9(2)12(10)17-11/h5-8H,4,15H2,1-3H3. The van der Waals surface area contributed by atoms with E-state index in [2.05, 4.69) is 0 Å². The van der Waals surface area contributed by atoms with Crippen molar-refractivity contribution in [1.82, 2.24) is 0 Å². The molecule has 0 aliphatic carbocycles. The van der Waals surface area contributed by atoms with E-state index in [1.165, 1.54) is 0 Å². The predicted octanol–water partition coefficient (Wildman–Crippen LogP) is 3.05. The van der Waals surface area contributed by atoms with Gasteiger partial charge in [-0.25, -0.2) is 0 Å². The smallest absolute Gasteiger partial charge is 0.217 e. The second-order valence-corrected chi connectivity index (χ2v) is 4.70. The third-order valence-corrected chi connectivity index (χ3v) is 3.22. The molecule has 3 nitrogen and oxygen atoms in total. The molecule has 0 bridgehead atoms. The third kappa shape index (κ3) is 1.98. The molecule has 1 atom stereocenters. The molecule has 1 aromatic carbocycles. The summed E-state index contributed by atoms with van der Waals surface area (Å²) in [5.74, 6) is 0.205. The van der Waals surface area contributed by atoms with Crippen molar-refractivity contribution in [2.75, 3.05) is 0 Å². The molecule has 1 aromatic heterocycles. The number of carbonyl (C=O) groups excluding carboxylic acids is 1. The first-order valence-electron chi connectivity index (χ1n) is 5.78. The molecule has 0 aliphatic heterocycles. The van der Waals surface area contributed by atoms with Crippen molar-refractivity contribution < 1.29 is 9.21 Å². The van der Waals surface area contributed by atoms with Gasteiger partial charge < -0.3 is 10.2 Å². The minimum atomic E-state index is -0.859. The molecule has 1 heterocycles. The maximum atomic E-state index is 12.2. The number of nitrogens with two attached hydrogens (primary N) is 1. The summed E-state index contributed by atoms with van der Waals surface area (Å²) in [7, 11) is 0. The molecule has 0 saturated heterocycles. The lowest BCUT2D eigenvalue weighted by Gasteiger charge is -2.18. The fourth-order valence-corrected chi connectivity index (χ4v) is 1.76. The molecular formula is C14H17NO2. The van der Waals surface area contributed by atoms with Gasteiger partial charge in [0.1, 0.15) is 5.58 Å². The molecule has 0 saturated carbocycles. The lowest BCUT2D eigenvalue weighted by atomic mass is 9.93. The molecule has 3 heteroatoms. The van der Waals surface area contributed by atoms with Crippen molar-refractivity contribution in [3.8, 4) is 0 Å². The summed E-state index contributed by atoms with van der Waals surface area (Å²) >= 11 is 0. The van der Waals surface area contributed by atoms with Crippen molar-refractivity contribution in [1.29, 1.82) is 0 Å². The van der Waals surface area contributed by atoms with E-state index < -0.39 is 5.54 Å². The molecular weight excluding hydrogens is 214 g/mol. The lowest BCUT2D eigenvalue weighted by molar-refractivity contribution is 0.0871. The van der Waals surface area contributed by atoms with Gasteiger partial charge in [0, 0.05) is 5.39 Å². The van der Waals surface area contributed by atoms with Crippen LogP contribution >= 0.6 is 0 Å². The summed E-state index contributed by atoms with van der Waals surface area (Å²) < 4.78 is 5.62. The number of aryl methyl sites for hydroxylation is 1. The van der Waals surface area contributed by atoms with Crippen LogP contribution in [-0.4, -0.2) is 11.3 Å². The van der Waals surface area contributed by atoms with E-state index in [1.807, 2.05) is 32.0 Å². The van der Waals surface area contributed by atoms with Crippen LogP contribution in [0, 0.1) is 6.92 Å². The quantitative estimate of drug-likeness (QED) is 0.826. The Morgan fingerprint density at radius 1 is 1.47 bits per heavy atom. The number of hydrogen-bond acceptors (Lipinski definition) is 3. The minimum absolute atomic E-state index is 0.143. The minimum Gasteiger partial charge on any atom is -0.453 e. The number of furan rings is 1. The van der Waals surface area contributed by atoms with Gasteiger partial charge in [-0.2, -0.15) is 0 Å². The summed E-state index contributed by atoms with van der Waals surface area (Å²) in [4.78, 5) is 12.2. The summed E-state index contributed by atoms with van der Waals surface area (Å²) in [6.45, 7) is 5.59. The van der Waals surface area contributed by atoms with E-state index in [0.717, 1.165) is 16.5 Å². The molecule has 0 spiro atoms. The van der Waals surface area contributed by atoms with E-state index in [4.69, 9.17) is 10.2 Å². The monoisotopic (exact) mass is 231 g/mol. The van der Waals surface area contributed by atoms with Crippen molar-refractivity contribution in [2.24, 2.45) is 5.73 Å². The third-order valence-electron chi connectivity index (χ3n) is 3.22. The van der Waals surface area contributed by atoms with Crippen LogP contribution in [0.2, 0.25) is 0 Å². The first-order valence-corrected chi connectivity index (χ1v) is 5.78. The first-order chi connectivity index (χ1) is 7.95. The summed E-state index contributed by atoms with van der Waals surface area (Å²) in [5, 5.41) is 0.945. The van der Waals surface area contributed by atoms with Crippen LogP contribution in [0.25, 0.3) is 11.0 Å². The predicted molar refractivity (Wildman–Crippen MR) is 68.2 cm³/mol. The first kappa shape index (κ1) is 11.9. The molecule has 0 radical (unpaired) electrons. The summed E-state index contributed by atoms with van der Waals surface area (Å²) in [6.07, 6.45) is 0.585. The van der Waals surface area contributed by atoms with E-state index in [1.54, 1.807) is 13.0 Å². The van der Waals surface area contributed by atoms with Crippen molar-refractivity contribution in [3.05, 3.63) is 35.6 Å². The maximum absolute atomic E-state index is 12.2. The second-order valence-electron chi connectivity index (χ2n) is 4.70. The zero-order valence-electron chi connectivity index (χ0n) is 10.4. The van der Waals surface area contributed by atoms with Crippen LogP contribution in [0.3, 0.4) is 0 Å². The summed E-state index contributed by atoms with van der Waals surface area (Å²) in [5.41, 5.74) is 6.87. The van der Waals surface area contributed by atoms with Crippen LogP contribution in [0.4, 0.5) is 0 Å². The highest BCUT2D eigenvalue weighted by Gasteiger charge is 2.30. The van der Waals surface area contributed by atoms with Gasteiger partial charge in [-0.1, -0.05) is 25.1 Å². The van der Waals surface area contributed by atoms with Gasteiger partial charge in [0.2, 0.25) is 5.78 Å². The number of para-hydroxylation sites is 1. The van der Waals surface area contributed by atoms with Gasteiger partial charge in [-0.15, -0.1) is 0 Å². The van der Waals surface area contributed by atoms with Gasteiger partial charge in [0.05, 0.1) is 5.54 Å². The van der Waals surface area contributed by atoms with Crippen LogP contribution in [0.5, 0.6) is 0 Å². The number of carbonyl (C=O) groups is 1. The molecule has 0 aliphatic rings. The average molecular weight is 231 g/mol. The van der Waals surface area contributed by atoms with E-state index in [-0.39, 0.29) is 5.78 Å². The SMILES string of the molecule is CCC(C)(N)C(=O)c1cc2cccc(C)c2o1. The Morgan fingerprint density at radius 2 is 2.18 bits per heavy atom. The second kappa shape index (κ2) is 4.00. The number of Topliss-reactive ketones (excluding diaryl/α,β-unsaturated/α-hetero) is 1. The van der Waals surface area contributed by atoms with Crippen LogP contribution < -0.4 is 5.73 Å². The number of rotatable bonds is 3. The van der Waals surface area contributed by atoms with Crippen LogP contribution in [0.15, 0.2) is 28.7 Å². The zero-order valence-corrected chi connectivity index (χ0v) is 10.4. The Hall–Kier alpha value is -1.61. The summed E-state index contributed by atoms with van der Waals surface area (Å²) in [6, 6.07) is 7.61. The molecule has 1 unspecified atom stereocenters. The van der Waals surface area contributed by atoms with Gasteiger partial charge >= 0.3 is 0 Å². The van der Waals surface area contributed by atoms with Crippen molar-refractivity contribution in [2.45, 2.75) is 32.7 Å². The Kier molecular flexibility index (Phi) is 2.79. The van der Waals surface area contributed by atoms with Gasteiger partial charge in [0.25, 0.3) is 0 Å². The highest BCUT2D eigenvalue weighted by Crippen LogP contribution is 2.25. The number of benzene rings is 1. The Balaban J connectivity index is 2.51. The van der Waals surface area contributed by atoms with E-state index >= 15 is 0 Å². The average Bonchev–Trinajstić information content (AvgIpc) is 2.73. The van der Waals surface area contributed by atoms with Crippen LogP contribution in [0.1, 0.15) is 36.4 Å². The zero-order chi connectivity index (χ0) is 12.6. The lowest BCUT2D eigenvalue weighted by Crippen LogP contribution is -2.44.